The molecule has 184 valence electrons. The second-order valence-corrected chi connectivity index (χ2v) is 9.12. The molecule has 0 fully saturated rings. The second-order valence-electron chi connectivity index (χ2n) is 9.12. The number of aromatic hydroxyl groups is 2. The fourth-order valence-corrected chi connectivity index (χ4v) is 3.73. The quantitative estimate of drug-likeness (QED) is 0.232. The first-order valence-corrected chi connectivity index (χ1v) is 11.9. The Morgan fingerprint density at radius 3 is 1.55 bits per heavy atom. The first-order chi connectivity index (χ1) is 15.6. The van der Waals surface area contributed by atoms with Gasteiger partial charge in [0.25, 0.3) is 0 Å². The van der Waals surface area contributed by atoms with E-state index in [0.717, 1.165) is 38.5 Å². The van der Waals surface area contributed by atoms with Crippen LogP contribution >= 0.6 is 0 Å². The van der Waals surface area contributed by atoms with Crippen LogP contribution in [0, 0.1) is 6.92 Å². The van der Waals surface area contributed by atoms with Crippen LogP contribution in [0.1, 0.15) is 84.3 Å². The summed E-state index contributed by atoms with van der Waals surface area (Å²) in [5.74, 6) is 0.360. The molecule has 0 aliphatic heterocycles. The van der Waals surface area contributed by atoms with Crippen molar-refractivity contribution in [1.82, 2.24) is 0 Å². The number of hydrogen-bond donors (Lipinski definition) is 2. The van der Waals surface area contributed by atoms with E-state index in [2.05, 4.69) is 58.9 Å². The molecule has 0 bridgehead atoms. The Hall–Kier alpha value is -2.62. The Balaban J connectivity index is 2.62. The van der Waals surface area contributed by atoms with E-state index in [4.69, 9.17) is 9.47 Å². The van der Waals surface area contributed by atoms with Crippen molar-refractivity contribution < 1.29 is 19.7 Å². The van der Waals surface area contributed by atoms with Crippen molar-refractivity contribution in [2.45, 2.75) is 86.5 Å². The standard InChI is InChI=1S/C29H44O4/c1-20(2)12-9-13-21(3)14-10-15-22(4)16-11-17-23(5)18-19-25-24(6)26(30)28(32-7)29(33-8)27(25)31/h12,14,16,18,30-31H,9-11,13,15,17,19H2,1-8H3/b21-14+,22-16+,23-18+. The van der Waals surface area contributed by atoms with Gasteiger partial charge in [0.2, 0.25) is 11.5 Å². The van der Waals surface area contributed by atoms with Crippen molar-refractivity contribution in [2.75, 3.05) is 14.2 Å². The lowest BCUT2D eigenvalue weighted by molar-refractivity contribution is 0.314. The molecule has 1 rings (SSSR count). The smallest absolute Gasteiger partial charge is 0.207 e. The van der Waals surface area contributed by atoms with Gasteiger partial charge in [0.05, 0.1) is 14.2 Å². The van der Waals surface area contributed by atoms with Crippen LogP contribution in [0.3, 0.4) is 0 Å². The van der Waals surface area contributed by atoms with Crippen molar-refractivity contribution in [3.8, 4) is 23.0 Å². The van der Waals surface area contributed by atoms with E-state index in [1.54, 1.807) is 6.92 Å². The molecule has 2 N–H and O–H groups in total. The molecule has 0 aromatic heterocycles. The lowest BCUT2D eigenvalue weighted by atomic mass is 9.99. The minimum atomic E-state index is 0.00740. The topological polar surface area (TPSA) is 58.9 Å². The van der Waals surface area contributed by atoms with Gasteiger partial charge in [0, 0.05) is 11.1 Å². The van der Waals surface area contributed by atoms with Gasteiger partial charge >= 0.3 is 0 Å². The second kappa shape index (κ2) is 14.5. The fraction of sp³-hybridized carbons (Fsp3) is 0.517. The number of benzene rings is 1. The third-order valence-corrected chi connectivity index (χ3v) is 5.95. The summed E-state index contributed by atoms with van der Waals surface area (Å²) in [6.07, 6.45) is 16.1. The van der Waals surface area contributed by atoms with Gasteiger partial charge in [0.1, 0.15) is 0 Å². The van der Waals surface area contributed by atoms with Crippen LogP contribution in [0.5, 0.6) is 23.0 Å². The van der Waals surface area contributed by atoms with Gasteiger partial charge in [-0.2, -0.15) is 0 Å². The SMILES string of the molecule is COc1c(O)c(C)c(C/C=C(\C)CC/C=C(\C)CC/C=C(\C)CCC=C(C)C)c(O)c1OC. The summed E-state index contributed by atoms with van der Waals surface area (Å²) in [4.78, 5) is 0. The Morgan fingerprint density at radius 1 is 0.667 bits per heavy atom. The van der Waals surface area contributed by atoms with E-state index in [0.29, 0.717) is 17.5 Å². The maximum absolute atomic E-state index is 10.6. The lowest BCUT2D eigenvalue weighted by Crippen LogP contribution is -1.98. The highest BCUT2D eigenvalue weighted by Gasteiger charge is 2.22. The zero-order valence-corrected chi connectivity index (χ0v) is 22.0. The molecule has 33 heavy (non-hydrogen) atoms. The molecule has 1 aromatic rings. The van der Waals surface area contributed by atoms with Gasteiger partial charge in [-0.3, -0.25) is 0 Å². The zero-order chi connectivity index (χ0) is 25.0. The summed E-state index contributed by atoms with van der Waals surface area (Å²) in [6.45, 7) is 12.6. The van der Waals surface area contributed by atoms with Crippen LogP contribution in [0.4, 0.5) is 0 Å². The molecular formula is C29H44O4. The van der Waals surface area contributed by atoms with Crippen molar-refractivity contribution in [1.29, 1.82) is 0 Å². The molecule has 0 heterocycles. The van der Waals surface area contributed by atoms with Gasteiger partial charge in [-0.1, -0.05) is 46.6 Å². The Bertz CT molecular complexity index is 897. The van der Waals surface area contributed by atoms with Crippen molar-refractivity contribution in [3.05, 3.63) is 57.7 Å². The average molecular weight is 457 g/mol. The van der Waals surface area contributed by atoms with Gasteiger partial charge in [0.15, 0.2) is 11.5 Å². The number of rotatable bonds is 13. The van der Waals surface area contributed by atoms with Crippen molar-refractivity contribution in [2.24, 2.45) is 0 Å². The highest BCUT2D eigenvalue weighted by molar-refractivity contribution is 5.66. The van der Waals surface area contributed by atoms with Gasteiger partial charge < -0.3 is 19.7 Å². The number of phenols is 2. The highest BCUT2D eigenvalue weighted by atomic mass is 16.5. The number of ether oxygens (including phenoxy) is 2. The van der Waals surface area contributed by atoms with E-state index in [1.807, 2.05) is 0 Å². The van der Waals surface area contributed by atoms with Crippen molar-refractivity contribution >= 4 is 0 Å². The summed E-state index contributed by atoms with van der Waals surface area (Å²) in [7, 11) is 2.90. The fourth-order valence-electron chi connectivity index (χ4n) is 3.73. The van der Waals surface area contributed by atoms with Crippen LogP contribution in [-0.4, -0.2) is 24.4 Å². The van der Waals surface area contributed by atoms with Crippen LogP contribution in [0.2, 0.25) is 0 Å². The first kappa shape index (κ1) is 28.4. The summed E-state index contributed by atoms with van der Waals surface area (Å²) < 4.78 is 10.4. The zero-order valence-electron chi connectivity index (χ0n) is 22.0. The Kier molecular flexibility index (Phi) is 12.5. The maximum Gasteiger partial charge on any atom is 0.207 e. The molecule has 0 radical (unpaired) electrons. The van der Waals surface area contributed by atoms with E-state index < -0.39 is 0 Å². The summed E-state index contributed by atoms with van der Waals surface area (Å²) in [5, 5.41) is 21.0. The molecule has 4 heteroatoms. The van der Waals surface area contributed by atoms with Crippen LogP contribution in [-0.2, 0) is 6.42 Å². The molecule has 0 spiro atoms. The predicted octanol–water partition coefficient (Wildman–Crippen LogP) is 8.11. The molecule has 0 saturated carbocycles. The molecule has 4 nitrogen and oxygen atoms in total. The molecule has 1 aromatic carbocycles. The lowest BCUT2D eigenvalue weighted by Gasteiger charge is -2.17. The predicted molar refractivity (Wildman–Crippen MR) is 140 cm³/mol. The number of hydrogen-bond acceptors (Lipinski definition) is 4. The van der Waals surface area contributed by atoms with Gasteiger partial charge in [-0.15, -0.1) is 0 Å². The highest BCUT2D eigenvalue weighted by Crippen LogP contribution is 2.48. The van der Waals surface area contributed by atoms with Crippen LogP contribution < -0.4 is 9.47 Å². The minimum absolute atomic E-state index is 0.00740. The number of allylic oxidation sites excluding steroid dienone is 8. The molecule has 0 amide bonds. The number of phenolic OH excluding ortho intramolecular Hbond substituents is 2. The summed E-state index contributed by atoms with van der Waals surface area (Å²) >= 11 is 0. The third kappa shape index (κ3) is 9.41. The molecule has 0 unspecified atom stereocenters. The average Bonchev–Trinajstić information content (AvgIpc) is 2.75. The molecule has 0 aliphatic carbocycles. The van der Waals surface area contributed by atoms with E-state index in [-0.39, 0.29) is 23.0 Å². The van der Waals surface area contributed by atoms with Crippen molar-refractivity contribution in [3.63, 3.8) is 0 Å². The first-order valence-electron chi connectivity index (χ1n) is 11.9. The summed E-state index contributed by atoms with van der Waals surface area (Å²) in [6, 6.07) is 0. The monoisotopic (exact) mass is 456 g/mol. The normalized spacial score (nSPS) is 12.7. The number of methoxy groups -OCH3 is 2. The Morgan fingerprint density at radius 2 is 1.09 bits per heavy atom. The van der Waals surface area contributed by atoms with Crippen LogP contribution in [0.15, 0.2) is 46.6 Å². The minimum Gasteiger partial charge on any atom is -0.504 e. The van der Waals surface area contributed by atoms with Gasteiger partial charge in [-0.05, 0) is 86.5 Å². The third-order valence-electron chi connectivity index (χ3n) is 5.95. The van der Waals surface area contributed by atoms with Gasteiger partial charge in [-0.25, -0.2) is 0 Å². The molecule has 0 atom stereocenters. The summed E-state index contributed by atoms with van der Waals surface area (Å²) in [5.41, 5.74) is 6.80. The molecular weight excluding hydrogens is 412 g/mol. The molecule has 0 saturated heterocycles. The maximum atomic E-state index is 10.6. The largest absolute Gasteiger partial charge is 0.504 e. The van der Waals surface area contributed by atoms with Crippen LogP contribution in [0.25, 0.3) is 0 Å². The Labute approximate surface area is 201 Å². The van der Waals surface area contributed by atoms with E-state index >= 15 is 0 Å². The van der Waals surface area contributed by atoms with E-state index in [9.17, 15) is 10.2 Å². The molecule has 0 aliphatic rings. The van der Waals surface area contributed by atoms with E-state index in [1.165, 1.54) is 36.5 Å².